The van der Waals surface area contributed by atoms with Crippen molar-refractivity contribution in [3.63, 3.8) is 0 Å². The van der Waals surface area contributed by atoms with Crippen molar-refractivity contribution in [3.8, 4) is 5.69 Å². The molecule has 0 aliphatic heterocycles. The summed E-state index contributed by atoms with van der Waals surface area (Å²) in [4.78, 5) is 24.9. The summed E-state index contributed by atoms with van der Waals surface area (Å²) >= 11 is 3.43. The van der Waals surface area contributed by atoms with Gasteiger partial charge in [-0.3, -0.25) is 4.79 Å². The largest absolute Gasteiger partial charge is 0.457 e. The maximum atomic E-state index is 12.9. The summed E-state index contributed by atoms with van der Waals surface area (Å²) in [5, 5.41) is 5.65. The summed E-state index contributed by atoms with van der Waals surface area (Å²) in [6.45, 7) is 5.42. The first-order valence-corrected chi connectivity index (χ1v) is 9.22. The lowest BCUT2D eigenvalue weighted by atomic mass is 10.1. The smallest absolute Gasteiger partial charge is 0.331 e. The second kappa shape index (κ2) is 7.48. The molecule has 0 bridgehead atoms. The Labute approximate surface area is 165 Å². The molecule has 27 heavy (non-hydrogen) atoms. The van der Waals surface area contributed by atoms with Crippen molar-refractivity contribution in [3.05, 3.63) is 75.1 Å². The van der Waals surface area contributed by atoms with Gasteiger partial charge < -0.3 is 4.74 Å². The maximum absolute atomic E-state index is 12.9. The van der Waals surface area contributed by atoms with Gasteiger partial charge in [0.15, 0.2) is 0 Å². The lowest BCUT2D eigenvalue weighted by Gasteiger charge is -2.18. The van der Waals surface area contributed by atoms with E-state index in [1.54, 1.807) is 24.4 Å². The summed E-state index contributed by atoms with van der Waals surface area (Å²) in [6.07, 6.45) is 4.63. The van der Waals surface area contributed by atoms with Gasteiger partial charge in [-0.15, -0.1) is 0 Å². The Morgan fingerprint density at radius 2 is 1.93 bits per heavy atom. The van der Waals surface area contributed by atoms with Crippen LogP contribution in [0.4, 0.5) is 0 Å². The van der Waals surface area contributed by atoms with Gasteiger partial charge in [-0.2, -0.15) is 9.78 Å². The van der Waals surface area contributed by atoms with Gasteiger partial charge in [0.05, 0.1) is 17.3 Å². The molecule has 3 aromatic rings. The molecule has 0 aliphatic carbocycles. The number of halogens is 1. The van der Waals surface area contributed by atoms with Crippen LogP contribution >= 0.6 is 15.9 Å². The summed E-state index contributed by atoms with van der Waals surface area (Å²) in [5.74, 6) is -0.452. The number of aromatic nitrogens is 2. The molecule has 0 aliphatic rings. The van der Waals surface area contributed by atoms with E-state index in [9.17, 15) is 9.59 Å². The fourth-order valence-corrected chi connectivity index (χ4v) is 2.99. The molecule has 0 spiro atoms. The topological polar surface area (TPSA) is 61.2 Å². The van der Waals surface area contributed by atoms with Gasteiger partial charge in [-0.05, 0) is 51.1 Å². The Bertz CT molecular complexity index is 1090. The maximum Gasteiger partial charge on any atom is 0.331 e. The molecule has 0 saturated heterocycles. The minimum Gasteiger partial charge on any atom is -0.457 e. The Hall–Kier alpha value is -2.73. The van der Waals surface area contributed by atoms with Gasteiger partial charge in [0.2, 0.25) is 0 Å². The number of hydrogen-bond acceptors (Lipinski definition) is 4. The van der Waals surface area contributed by atoms with Gasteiger partial charge in [0.25, 0.3) is 5.56 Å². The minimum atomic E-state index is -0.571. The highest BCUT2D eigenvalue weighted by molar-refractivity contribution is 9.10. The van der Waals surface area contributed by atoms with Crippen LogP contribution in [-0.4, -0.2) is 21.4 Å². The molecular formula is C21H19BrN2O3. The van der Waals surface area contributed by atoms with Crippen LogP contribution in [0.3, 0.4) is 0 Å². The predicted molar refractivity (Wildman–Crippen MR) is 110 cm³/mol. The molecule has 0 radical (unpaired) electrons. The Kier molecular flexibility index (Phi) is 5.28. The fourth-order valence-electron chi connectivity index (χ4n) is 2.61. The fraction of sp³-hybridized carbons (Fsp3) is 0.190. The molecule has 1 heterocycles. The minimum absolute atomic E-state index is 0.220. The van der Waals surface area contributed by atoms with E-state index in [-0.39, 0.29) is 5.56 Å². The average Bonchev–Trinajstić information content (AvgIpc) is 2.60. The van der Waals surface area contributed by atoms with E-state index in [0.717, 1.165) is 9.86 Å². The number of esters is 1. The van der Waals surface area contributed by atoms with E-state index in [0.29, 0.717) is 16.6 Å². The first-order valence-electron chi connectivity index (χ1n) is 8.43. The van der Waals surface area contributed by atoms with Crippen molar-refractivity contribution in [1.29, 1.82) is 0 Å². The number of carbonyl (C=O) groups is 1. The third-order valence-corrected chi connectivity index (χ3v) is 4.21. The van der Waals surface area contributed by atoms with Gasteiger partial charge in [0.1, 0.15) is 5.60 Å². The van der Waals surface area contributed by atoms with E-state index in [2.05, 4.69) is 21.0 Å². The van der Waals surface area contributed by atoms with Crippen LogP contribution in [0.25, 0.3) is 22.5 Å². The van der Waals surface area contributed by atoms with Crippen LogP contribution in [0.2, 0.25) is 0 Å². The third-order valence-electron chi connectivity index (χ3n) is 3.72. The first-order chi connectivity index (χ1) is 12.7. The highest BCUT2D eigenvalue weighted by atomic mass is 79.9. The van der Waals surface area contributed by atoms with E-state index in [1.807, 2.05) is 51.1 Å². The zero-order valence-corrected chi connectivity index (χ0v) is 16.9. The van der Waals surface area contributed by atoms with E-state index < -0.39 is 11.6 Å². The second-order valence-electron chi connectivity index (χ2n) is 7.02. The molecule has 0 fully saturated rings. The van der Waals surface area contributed by atoms with Crippen molar-refractivity contribution in [2.75, 3.05) is 0 Å². The van der Waals surface area contributed by atoms with E-state index in [1.165, 1.54) is 10.8 Å². The highest BCUT2D eigenvalue weighted by Gasteiger charge is 2.14. The monoisotopic (exact) mass is 426 g/mol. The van der Waals surface area contributed by atoms with Crippen molar-refractivity contribution >= 4 is 38.7 Å². The zero-order valence-electron chi connectivity index (χ0n) is 15.3. The van der Waals surface area contributed by atoms with Gasteiger partial charge >= 0.3 is 5.97 Å². The van der Waals surface area contributed by atoms with E-state index in [4.69, 9.17) is 4.74 Å². The zero-order chi connectivity index (χ0) is 19.6. The summed E-state index contributed by atoms with van der Waals surface area (Å²) in [6, 6.07) is 12.7. The first kappa shape index (κ1) is 19.0. The molecule has 0 amide bonds. The van der Waals surface area contributed by atoms with Gasteiger partial charge in [-0.1, -0.05) is 34.1 Å². The predicted octanol–water partition coefficient (Wildman–Crippen LogP) is 4.50. The second-order valence-corrected chi connectivity index (χ2v) is 7.93. The number of nitrogens with zero attached hydrogens (tertiary/aromatic N) is 2. The summed E-state index contributed by atoms with van der Waals surface area (Å²) in [5.41, 5.74) is 0.453. The number of carbonyl (C=O) groups excluding carboxylic acids is 1. The van der Waals surface area contributed by atoms with Crippen LogP contribution < -0.4 is 5.56 Å². The van der Waals surface area contributed by atoms with Crippen molar-refractivity contribution < 1.29 is 9.53 Å². The molecule has 1 aromatic heterocycles. The molecule has 0 saturated carbocycles. The molecule has 0 unspecified atom stereocenters. The lowest BCUT2D eigenvalue weighted by molar-refractivity contribution is -0.148. The Morgan fingerprint density at radius 1 is 1.19 bits per heavy atom. The molecular weight excluding hydrogens is 408 g/mol. The quantitative estimate of drug-likeness (QED) is 0.456. The van der Waals surface area contributed by atoms with Crippen LogP contribution in [0.5, 0.6) is 0 Å². The standard InChI is InChI=1S/C21H19BrN2O3/c1-21(2,3)27-19(25)11-8-14-12-16(22)9-10-18(14)24-20(26)17-7-5-4-6-15(17)13-23-24/h4-13H,1-3H3/b11-8+. The molecule has 0 N–H and O–H groups in total. The van der Waals surface area contributed by atoms with Crippen LogP contribution in [0.15, 0.2) is 64.0 Å². The van der Waals surface area contributed by atoms with Crippen molar-refractivity contribution in [1.82, 2.24) is 9.78 Å². The Morgan fingerprint density at radius 3 is 2.67 bits per heavy atom. The molecule has 5 nitrogen and oxygen atoms in total. The van der Waals surface area contributed by atoms with E-state index >= 15 is 0 Å². The number of rotatable bonds is 3. The summed E-state index contributed by atoms with van der Waals surface area (Å²) < 4.78 is 7.45. The summed E-state index contributed by atoms with van der Waals surface area (Å²) in [7, 11) is 0. The normalized spacial score (nSPS) is 11.9. The van der Waals surface area contributed by atoms with Crippen LogP contribution in [0, 0.1) is 0 Å². The van der Waals surface area contributed by atoms with Gasteiger partial charge in [-0.25, -0.2) is 4.79 Å². The highest BCUT2D eigenvalue weighted by Crippen LogP contribution is 2.21. The Balaban J connectivity index is 2.06. The van der Waals surface area contributed by atoms with Crippen LogP contribution in [0.1, 0.15) is 26.3 Å². The van der Waals surface area contributed by atoms with Crippen LogP contribution in [-0.2, 0) is 9.53 Å². The lowest BCUT2D eigenvalue weighted by Crippen LogP contribution is -2.22. The van der Waals surface area contributed by atoms with Gasteiger partial charge in [0, 0.05) is 21.5 Å². The number of ether oxygens (including phenoxy) is 1. The molecule has 0 atom stereocenters. The number of hydrogen-bond donors (Lipinski definition) is 0. The molecule has 138 valence electrons. The molecule has 3 rings (SSSR count). The third kappa shape index (κ3) is 4.52. The number of fused-ring (bicyclic) bond motifs is 1. The average molecular weight is 427 g/mol. The molecule has 6 heteroatoms. The SMILES string of the molecule is CC(C)(C)OC(=O)/C=C/c1cc(Br)ccc1-n1ncc2ccccc2c1=O. The van der Waals surface area contributed by atoms with Crippen molar-refractivity contribution in [2.45, 2.75) is 26.4 Å². The van der Waals surface area contributed by atoms with Crippen molar-refractivity contribution in [2.24, 2.45) is 0 Å². The molecule has 2 aromatic carbocycles. The number of benzene rings is 2.